The van der Waals surface area contributed by atoms with Crippen molar-refractivity contribution in [3.8, 4) is 11.1 Å². The Hall–Kier alpha value is -7.56. The van der Waals surface area contributed by atoms with Gasteiger partial charge in [0.05, 0.1) is 12.0 Å². The van der Waals surface area contributed by atoms with Crippen LogP contribution in [-0.4, -0.2) is 24.6 Å². The summed E-state index contributed by atoms with van der Waals surface area (Å²) in [7, 11) is 0. The van der Waals surface area contributed by atoms with Gasteiger partial charge in [-0.3, -0.25) is 4.99 Å². The van der Waals surface area contributed by atoms with E-state index in [9.17, 15) is 0 Å². The van der Waals surface area contributed by atoms with Crippen molar-refractivity contribution in [2.45, 2.75) is 18.9 Å². The molecule has 4 nitrogen and oxygen atoms in total. The lowest BCUT2D eigenvalue weighted by Gasteiger charge is -2.31. The predicted octanol–water partition coefficient (Wildman–Crippen LogP) is 12.8. The summed E-state index contributed by atoms with van der Waals surface area (Å²) < 4.78 is 0. The van der Waals surface area contributed by atoms with E-state index in [4.69, 9.17) is 15.4 Å². The van der Waals surface area contributed by atoms with Gasteiger partial charge in [-0.2, -0.15) is 0 Å². The summed E-state index contributed by atoms with van der Waals surface area (Å²) in [5, 5.41) is 7.81. The molecule has 0 amide bonds. The molecule has 0 heterocycles. The molecule has 1 aliphatic carbocycles. The van der Waals surface area contributed by atoms with Gasteiger partial charge in [-0.15, -0.1) is 0 Å². The second-order valence-corrected chi connectivity index (χ2v) is 14.4. The molecule has 0 saturated heterocycles. The summed E-state index contributed by atoms with van der Waals surface area (Å²) in [5.41, 5.74) is 13.4. The molecule has 0 bridgehead atoms. The maximum atomic E-state index is 7.81. The van der Waals surface area contributed by atoms with Crippen LogP contribution in [0, 0.1) is 5.41 Å². The molecule has 59 heavy (non-hydrogen) atoms. The molecule has 0 unspecified atom stereocenters. The molecule has 0 atom stereocenters. The minimum absolute atomic E-state index is 0.476. The molecule has 0 aromatic heterocycles. The number of amidine groups is 2. The van der Waals surface area contributed by atoms with Gasteiger partial charge in [0.1, 0.15) is 0 Å². The molecule has 8 rings (SSSR count). The average molecular weight is 761 g/mol. The average Bonchev–Trinajstić information content (AvgIpc) is 3.65. The zero-order valence-electron chi connectivity index (χ0n) is 33.0. The van der Waals surface area contributed by atoms with Gasteiger partial charge in [0, 0.05) is 17.3 Å². The van der Waals surface area contributed by atoms with Crippen LogP contribution in [0.15, 0.2) is 227 Å². The first-order chi connectivity index (χ1) is 29.1. The van der Waals surface area contributed by atoms with Crippen LogP contribution in [0.2, 0.25) is 0 Å². The maximum Gasteiger partial charge on any atom is 0.161 e. The van der Waals surface area contributed by atoms with Crippen molar-refractivity contribution in [2.75, 3.05) is 0 Å². The van der Waals surface area contributed by atoms with Crippen LogP contribution in [0.5, 0.6) is 0 Å². The molecule has 0 aliphatic heterocycles. The fraction of sp³-hybridized carbons (Fsp3) is 0.0545. The zero-order chi connectivity index (χ0) is 40.4. The summed E-state index contributed by atoms with van der Waals surface area (Å²) in [6.07, 6.45) is 10.4. The number of nitrogens with zero attached hydrogens (tertiary/aromatic N) is 3. The number of rotatable bonds is 11. The summed E-state index contributed by atoms with van der Waals surface area (Å²) in [4.78, 5) is 14.4. The van der Waals surface area contributed by atoms with Gasteiger partial charge >= 0.3 is 0 Å². The number of fused-ring (bicyclic) bond motifs is 1. The van der Waals surface area contributed by atoms with E-state index in [2.05, 4.69) is 170 Å². The van der Waals surface area contributed by atoms with Crippen LogP contribution in [0.4, 0.5) is 0 Å². The van der Waals surface area contributed by atoms with Crippen LogP contribution in [0.1, 0.15) is 57.0 Å². The monoisotopic (exact) mass is 760 g/mol. The minimum Gasteiger partial charge on any atom is -0.308 e. The second kappa shape index (κ2) is 17.7. The van der Waals surface area contributed by atoms with Crippen molar-refractivity contribution in [1.82, 2.24) is 0 Å². The summed E-state index contributed by atoms with van der Waals surface area (Å²) >= 11 is 0. The summed E-state index contributed by atoms with van der Waals surface area (Å²) in [6, 6.07) is 65.2. The number of nitrogens with one attached hydrogen (secondary N) is 1. The van der Waals surface area contributed by atoms with E-state index >= 15 is 0 Å². The first-order valence-electron chi connectivity index (χ1n) is 19.8. The molecule has 0 radical (unpaired) electrons. The number of benzene rings is 7. The second-order valence-electron chi connectivity index (χ2n) is 14.4. The molecule has 0 saturated carbocycles. The number of hydrogen-bond acceptors (Lipinski definition) is 2. The Morgan fingerprint density at radius 1 is 0.610 bits per heavy atom. The van der Waals surface area contributed by atoms with E-state index in [1.807, 2.05) is 60.7 Å². The van der Waals surface area contributed by atoms with Gasteiger partial charge < -0.3 is 5.41 Å². The summed E-state index contributed by atoms with van der Waals surface area (Å²) in [5.74, 6) is 1.11. The molecule has 0 spiro atoms. The molecule has 7 aromatic carbocycles. The van der Waals surface area contributed by atoms with E-state index in [1.54, 1.807) is 0 Å². The Labute approximate surface area is 347 Å². The molecule has 7 aromatic rings. The smallest absolute Gasteiger partial charge is 0.161 e. The third-order valence-electron chi connectivity index (χ3n) is 10.8. The molecular formula is C55H44N4. The Kier molecular flexibility index (Phi) is 11.5. The Morgan fingerprint density at radius 3 is 1.88 bits per heavy atom. The third-order valence-corrected chi connectivity index (χ3v) is 10.8. The molecule has 1 aliphatic rings. The van der Waals surface area contributed by atoms with E-state index in [0.29, 0.717) is 18.2 Å². The molecule has 1 N–H and O–H groups in total. The van der Waals surface area contributed by atoms with E-state index in [-0.39, 0.29) is 0 Å². The van der Waals surface area contributed by atoms with Gasteiger partial charge in [0.2, 0.25) is 0 Å². The van der Waals surface area contributed by atoms with Crippen LogP contribution >= 0.6 is 0 Å². The first kappa shape index (κ1) is 38.3. The minimum atomic E-state index is -0.547. The largest absolute Gasteiger partial charge is 0.308 e. The predicted molar refractivity (Wildman–Crippen MR) is 249 cm³/mol. The normalized spacial score (nSPS) is 13.8. The van der Waals surface area contributed by atoms with Crippen molar-refractivity contribution >= 4 is 35.7 Å². The lowest BCUT2D eigenvalue weighted by Crippen LogP contribution is -2.25. The van der Waals surface area contributed by atoms with Gasteiger partial charge in [0.15, 0.2) is 11.7 Å². The number of allylic oxidation sites excluding steroid dienone is 6. The molecular weight excluding hydrogens is 717 g/mol. The first-order valence-corrected chi connectivity index (χ1v) is 19.8. The third kappa shape index (κ3) is 8.16. The van der Waals surface area contributed by atoms with Crippen molar-refractivity contribution in [3.63, 3.8) is 0 Å². The number of hydrogen-bond donors (Lipinski definition) is 1. The zero-order valence-corrected chi connectivity index (χ0v) is 33.0. The Morgan fingerprint density at radius 2 is 1.22 bits per heavy atom. The van der Waals surface area contributed by atoms with Gasteiger partial charge in [-0.1, -0.05) is 194 Å². The van der Waals surface area contributed by atoms with Crippen LogP contribution in [0.25, 0.3) is 22.3 Å². The van der Waals surface area contributed by atoms with E-state index < -0.39 is 5.41 Å². The SMILES string of the molecule is C=NC(=NC(=NCc1ccccc1)c1cccc(-c2ccc3c(c2)C(c2ccccc2)(c2ccccc2)C=C3/C=C\C(=C/C)c2cccc(C=N)c2)c1)c1ccccc1. The van der Waals surface area contributed by atoms with Crippen molar-refractivity contribution in [3.05, 3.63) is 262 Å². The highest BCUT2D eigenvalue weighted by atomic mass is 15.0. The van der Waals surface area contributed by atoms with Crippen LogP contribution < -0.4 is 0 Å². The van der Waals surface area contributed by atoms with E-state index in [1.165, 1.54) is 28.5 Å². The highest BCUT2D eigenvalue weighted by Crippen LogP contribution is 2.51. The van der Waals surface area contributed by atoms with Gasteiger partial charge in [0.25, 0.3) is 0 Å². The van der Waals surface area contributed by atoms with Gasteiger partial charge in [-0.05, 0) is 93.1 Å². The fourth-order valence-electron chi connectivity index (χ4n) is 7.88. The van der Waals surface area contributed by atoms with Crippen LogP contribution in [0.3, 0.4) is 0 Å². The quantitative estimate of drug-likeness (QED) is 0.0775. The Balaban J connectivity index is 1.26. The summed E-state index contributed by atoms with van der Waals surface area (Å²) in [6.45, 7) is 6.40. The fourth-order valence-corrected chi connectivity index (χ4v) is 7.88. The van der Waals surface area contributed by atoms with Crippen molar-refractivity contribution < 1.29 is 0 Å². The van der Waals surface area contributed by atoms with Crippen molar-refractivity contribution in [2.24, 2.45) is 15.0 Å². The van der Waals surface area contributed by atoms with Gasteiger partial charge in [-0.25, -0.2) is 9.98 Å². The standard InChI is InChI=1S/C55H44N4/c1-3-42(44-23-16-20-41(34-44)38-56)30-31-48-37-55(49-26-12-6-13-27-49,50-28-14-7-15-29-50)52-36-46(32-33-51(48)52)45-24-17-25-47(35-45)54(58-39-40-18-8-4-9-19-40)59-53(57-2)43-21-10-5-11-22-43/h3-38,56H,2,39H2,1H3/b31-30-,42-3+,56-38?,58-54?,59-53?. The highest BCUT2D eigenvalue weighted by Gasteiger charge is 2.41. The molecule has 284 valence electrons. The van der Waals surface area contributed by atoms with E-state index in [0.717, 1.165) is 50.1 Å². The van der Waals surface area contributed by atoms with Crippen LogP contribution in [-0.2, 0) is 12.0 Å². The molecule has 0 fully saturated rings. The van der Waals surface area contributed by atoms with Crippen molar-refractivity contribution in [1.29, 1.82) is 5.41 Å². The molecule has 4 heteroatoms. The number of aliphatic imine (C=N–C) groups is 3. The Bertz CT molecular complexity index is 2720. The maximum absolute atomic E-state index is 7.81. The highest BCUT2D eigenvalue weighted by molar-refractivity contribution is 6.13. The lowest BCUT2D eigenvalue weighted by atomic mass is 9.70. The lowest BCUT2D eigenvalue weighted by molar-refractivity contribution is 0.794. The topological polar surface area (TPSA) is 60.9 Å².